The van der Waals surface area contributed by atoms with E-state index in [0.29, 0.717) is 19.8 Å². The number of rotatable bonds is 3. The van der Waals surface area contributed by atoms with Crippen LogP contribution in [0.2, 0.25) is 0 Å². The minimum atomic E-state index is -0.997. The van der Waals surface area contributed by atoms with Crippen molar-refractivity contribution in [3.05, 3.63) is 35.4 Å². The van der Waals surface area contributed by atoms with Crippen LogP contribution in [0.3, 0.4) is 0 Å². The molecule has 0 saturated carbocycles. The molecule has 0 radical (unpaired) electrons. The van der Waals surface area contributed by atoms with E-state index in [1.54, 1.807) is 0 Å². The van der Waals surface area contributed by atoms with Crippen molar-refractivity contribution in [2.24, 2.45) is 0 Å². The largest absolute Gasteiger partial charge is 0.378 e. The van der Waals surface area contributed by atoms with Crippen molar-refractivity contribution in [2.75, 3.05) is 19.8 Å². The monoisotopic (exact) mass is 241 g/mol. The molecule has 1 aliphatic heterocycles. The van der Waals surface area contributed by atoms with E-state index in [4.69, 9.17) is 4.74 Å². The Morgan fingerprint density at radius 3 is 2.88 bits per heavy atom. The van der Waals surface area contributed by atoms with Gasteiger partial charge in [-0.25, -0.2) is 8.78 Å². The van der Waals surface area contributed by atoms with Gasteiger partial charge < -0.3 is 10.1 Å². The number of hydrogen-bond acceptors (Lipinski definition) is 3. The van der Waals surface area contributed by atoms with Crippen LogP contribution >= 0.6 is 0 Å². The number of hydrogen-bond donors (Lipinski definition) is 1. The Bertz CT molecular complexity index is 417. The van der Waals surface area contributed by atoms with Gasteiger partial charge in [-0.1, -0.05) is 0 Å². The lowest BCUT2D eigenvalue weighted by Gasteiger charge is -2.23. The summed E-state index contributed by atoms with van der Waals surface area (Å²) >= 11 is 0. The Morgan fingerprint density at radius 2 is 2.24 bits per heavy atom. The number of nitrogens with one attached hydrogen (secondary N) is 1. The molecule has 1 unspecified atom stereocenters. The molecule has 2 rings (SSSR count). The van der Waals surface area contributed by atoms with Gasteiger partial charge in [0.25, 0.3) is 0 Å². The van der Waals surface area contributed by atoms with Crippen LogP contribution in [-0.4, -0.2) is 31.6 Å². The highest BCUT2D eigenvalue weighted by molar-refractivity contribution is 5.96. The summed E-state index contributed by atoms with van der Waals surface area (Å²) in [6.07, 6.45) is 0.227. The third-order valence-electron chi connectivity index (χ3n) is 2.67. The molecule has 1 aromatic carbocycles. The second kappa shape index (κ2) is 5.33. The molecular weight excluding hydrogens is 228 g/mol. The zero-order chi connectivity index (χ0) is 12.3. The SMILES string of the molecule is O=C(CC1COCCN1)c1ccc(F)c(F)c1. The fraction of sp³-hybridized carbons (Fsp3) is 0.417. The van der Waals surface area contributed by atoms with Crippen molar-refractivity contribution in [2.45, 2.75) is 12.5 Å². The van der Waals surface area contributed by atoms with Crippen LogP contribution in [0.5, 0.6) is 0 Å². The molecule has 1 heterocycles. The molecule has 0 spiro atoms. The number of carbonyl (C=O) groups is 1. The predicted octanol–water partition coefficient (Wildman–Crippen LogP) is 1.53. The van der Waals surface area contributed by atoms with E-state index in [2.05, 4.69) is 5.32 Å². The molecule has 1 saturated heterocycles. The van der Waals surface area contributed by atoms with E-state index >= 15 is 0 Å². The van der Waals surface area contributed by atoms with Crippen LogP contribution in [0.15, 0.2) is 18.2 Å². The maximum Gasteiger partial charge on any atom is 0.164 e. The Balaban J connectivity index is 2.01. The van der Waals surface area contributed by atoms with Crippen LogP contribution in [0, 0.1) is 11.6 Å². The van der Waals surface area contributed by atoms with Crippen molar-refractivity contribution in [3.8, 4) is 0 Å². The molecule has 92 valence electrons. The average Bonchev–Trinajstić information content (AvgIpc) is 2.34. The van der Waals surface area contributed by atoms with Gasteiger partial charge in [-0.2, -0.15) is 0 Å². The number of ketones is 1. The summed E-state index contributed by atoms with van der Waals surface area (Å²) in [4.78, 5) is 11.8. The maximum atomic E-state index is 13.0. The van der Waals surface area contributed by atoms with Gasteiger partial charge >= 0.3 is 0 Å². The Hall–Kier alpha value is -1.33. The minimum absolute atomic E-state index is 0.0515. The highest BCUT2D eigenvalue weighted by atomic mass is 19.2. The molecule has 0 aromatic heterocycles. The second-order valence-corrected chi connectivity index (χ2v) is 3.98. The number of ether oxygens (including phenoxy) is 1. The van der Waals surface area contributed by atoms with Crippen molar-refractivity contribution >= 4 is 5.78 Å². The first-order chi connectivity index (χ1) is 8.16. The van der Waals surface area contributed by atoms with Gasteiger partial charge in [-0.3, -0.25) is 4.79 Å². The van der Waals surface area contributed by atoms with Gasteiger partial charge in [0.05, 0.1) is 13.2 Å². The van der Waals surface area contributed by atoms with Crippen LogP contribution in [-0.2, 0) is 4.74 Å². The molecule has 1 atom stereocenters. The first-order valence-corrected chi connectivity index (χ1v) is 5.46. The zero-order valence-electron chi connectivity index (χ0n) is 9.21. The lowest BCUT2D eigenvalue weighted by molar-refractivity contribution is 0.0676. The predicted molar refractivity (Wildman–Crippen MR) is 57.9 cm³/mol. The van der Waals surface area contributed by atoms with Gasteiger partial charge in [0.15, 0.2) is 17.4 Å². The van der Waals surface area contributed by atoms with Crippen LogP contribution < -0.4 is 5.32 Å². The molecule has 0 amide bonds. The number of Topliss-reactive ketones (excluding diaryl/α,β-unsaturated/α-hetero) is 1. The third kappa shape index (κ3) is 3.08. The van der Waals surface area contributed by atoms with E-state index in [1.165, 1.54) is 6.07 Å². The van der Waals surface area contributed by atoms with Gasteiger partial charge in [0.2, 0.25) is 0 Å². The standard InChI is InChI=1S/C12H13F2NO2/c13-10-2-1-8(5-11(10)14)12(16)6-9-7-17-4-3-15-9/h1-2,5,9,15H,3-4,6-7H2. The maximum absolute atomic E-state index is 13.0. The van der Waals surface area contributed by atoms with Gasteiger partial charge in [0.1, 0.15) is 0 Å². The molecule has 17 heavy (non-hydrogen) atoms. The summed E-state index contributed by atoms with van der Waals surface area (Å²) in [6, 6.07) is 3.14. The van der Waals surface area contributed by atoms with Gasteiger partial charge in [-0.05, 0) is 18.2 Å². The molecule has 1 aromatic rings. The molecular formula is C12H13F2NO2. The lowest BCUT2D eigenvalue weighted by Crippen LogP contribution is -2.42. The number of halogens is 2. The highest BCUT2D eigenvalue weighted by Gasteiger charge is 2.18. The van der Waals surface area contributed by atoms with Crippen molar-refractivity contribution < 1.29 is 18.3 Å². The summed E-state index contributed by atoms with van der Waals surface area (Å²) in [5, 5.41) is 3.13. The zero-order valence-corrected chi connectivity index (χ0v) is 9.21. The van der Waals surface area contributed by atoms with Gasteiger partial charge in [0, 0.05) is 24.6 Å². The normalized spacial score (nSPS) is 20.2. The van der Waals surface area contributed by atoms with Crippen molar-refractivity contribution in [1.82, 2.24) is 5.32 Å². The van der Waals surface area contributed by atoms with Crippen molar-refractivity contribution in [1.29, 1.82) is 0 Å². The van der Waals surface area contributed by atoms with Crippen LogP contribution in [0.1, 0.15) is 16.8 Å². The Morgan fingerprint density at radius 1 is 1.41 bits per heavy atom. The molecule has 1 aliphatic rings. The van der Waals surface area contributed by atoms with Crippen LogP contribution in [0.25, 0.3) is 0 Å². The third-order valence-corrected chi connectivity index (χ3v) is 2.67. The topological polar surface area (TPSA) is 38.3 Å². The second-order valence-electron chi connectivity index (χ2n) is 3.98. The molecule has 5 heteroatoms. The lowest BCUT2D eigenvalue weighted by atomic mass is 10.0. The Kier molecular flexibility index (Phi) is 3.81. The van der Waals surface area contributed by atoms with Crippen molar-refractivity contribution in [3.63, 3.8) is 0 Å². The van der Waals surface area contributed by atoms with E-state index in [-0.39, 0.29) is 23.8 Å². The number of benzene rings is 1. The summed E-state index contributed by atoms with van der Waals surface area (Å²) in [6.45, 7) is 1.81. The van der Waals surface area contributed by atoms with E-state index < -0.39 is 11.6 Å². The summed E-state index contributed by atoms with van der Waals surface area (Å²) in [7, 11) is 0. The quantitative estimate of drug-likeness (QED) is 0.815. The van der Waals surface area contributed by atoms with E-state index in [9.17, 15) is 13.6 Å². The summed E-state index contributed by atoms with van der Waals surface area (Å²) < 4.78 is 30.9. The molecule has 3 nitrogen and oxygen atoms in total. The summed E-state index contributed by atoms with van der Waals surface area (Å²) in [5.41, 5.74) is 0.191. The first kappa shape index (κ1) is 12.1. The molecule has 1 N–H and O–H groups in total. The fourth-order valence-electron chi connectivity index (χ4n) is 1.76. The summed E-state index contributed by atoms with van der Waals surface area (Å²) in [5.74, 6) is -2.16. The smallest absolute Gasteiger partial charge is 0.164 e. The fourth-order valence-corrected chi connectivity index (χ4v) is 1.76. The number of carbonyl (C=O) groups excluding carboxylic acids is 1. The minimum Gasteiger partial charge on any atom is -0.378 e. The number of morpholine rings is 1. The Labute approximate surface area is 97.8 Å². The highest BCUT2D eigenvalue weighted by Crippen LogP contribution is 2.12. The van der Waals surface area contributed by atoms with Crippen LogP contribution in [0.4, 0.5) is 8.78 Å². The molecule has 0 bridgehead atoms. The molecule has 0 aliphatic carbocycles. The first-order valence-electron chi connectivity index (χ1n) is 5.46. The van der Waals surface area contributed by atoms with E-state index in [0.717, 1.165) is 12.1 Å². The van der Waals surface area contributed by atoms with Gasteiger partial charge in [-0.15, -0.1) is 0 Å². The average molecular weight is 241 g/mol. The molecule has 1 fully saturated rings. The van der Waals surface area contributed by atoms with E-state index in [1.807, 2.05) is 0 Å².